The minimum absolute atomic E-state index is 0.0814. The summed E-state index contributed by atoms with van der Waals surface area (Å²) in [7, 11) is 0. The van der Waals surface area contributed by atoms with Crippen LogP contribution >= 0.6 is 11.3 Å². The average molecular weight is 336 g/mol. The zero-order chi connectivity index (χ0) is 16.4. The van der Waals surface area contributed by atoms with Gasteiger partial charge in [0.15, 0.2) is 0 Å². The molecule has 3 rings (SSSR count). The van der Waals surface area contributed by atoms with E-state index in [1.165, 1.54) is 11.3 Å². The van der Waals surface area contributed by atoms with Crippen LogP contribution in [0.1, 0.15) is 32.9 Å². The Morgan fingerprint density at radius 2 is 2.17 bits per heavy atom. The van der Waals surface area contributed by atoms with Crippen molar-refractivity contribution in [1.82, 2.24) is 15.1 Å². The molecular formula is C15H20N4O3S. The fourth-order valence-electron chi connectivity index (χ4n) is 3.13. The molecule has 1 aromatic rings. The highest BCUT2D eigenvalue weighted by Crippen LogP contribution is 2.22. The quantitative estimate of drug-likeness (QED) is 0.805. The Labute approximate surface area is 138 Å². The molecule has 1 atom stereocenters. The summed E-state index contributed by atoms with van der Waals surface area (Å²) in [6, 6.07) is 1.63. The van der Waals surface area contributed by atoms with Gasteiger partial charge in [-0.25, -0.2) is 0 Å². The number of hydrogen-bond donors (Lipinski definition) is 2. The van der Waals surface area contributed by atoms with Gasteiger partial charge >= 0.3 is 0 Å². The van der Waals surface area contributed by atoms with Crippen LogP contribution in [0.15, 0.2) is 11.4 Å². The highest BCUT2D eigenvalue weighted by molar-refractivity contribution is 7.12. The molecule has 1 unspecified atom stereocenters. The Balaban J connectivity index is 1.68. The van der Waals surface area contributed by atoms with Crippen molar-refractivity contribution < 1.29 is 14.4 Å². The Morgan fingerprint density at radius 3 is 2.87 bits per heavy atom. The van der Waals surface area contributed by atoms with Gasteiger partial charge in [-0.15, -0.1) is 11.3 Å². The topological polar surface area (TPSA) is 95.7 Å². The minimum atomic E-state index is -0.525. The van der Waals surface area contributed by atoms with Crippen LogP contribution in [0.25, 0.3) is 0 Å². The van der Waals surface area contributed by atoms with Crippen LogP contribution in [0.2, 0.25) is 0 Å². The number of rotatable bonds is 3. The van der Waals surface area contributed by atoms with Gasteiger partial charge in [0.25, 0.3) is 5.91 Å². The number of nitrogens with two attached hydrogens (primary N) is 1. The van der Waals surface area contributed by atoms with Crippen LogP contribution in [-0.4, -0.2) is 66.3 Å². The highest BCUT2D eigenvalue weighted by atomic mass is 32.1. The molecule has 0 saturated carbocycles. The number of nitrogens with zero attached hydrogens (tertiary/aromatic N) is 2. The number of carbonyl (C=O) groups excluding carboxylic acids is 3. The van der Waals surface area contributed by atoms with Crippen molar-refractivity contribution in [3.05, 3.63) is 21.9 Å². The van der Waals surface area contributed by atoms with E-state index in [1.807, 2.05) is 4.90 Å². The minimum Gasteiger partial charge on any atom is -0.366 e. The number of hydrogen-bond acceptors (Lipinski definition) is 5. The monoisotopic (exact) mass is 336 g/mol. The first-order valence-corrected chi connectivity index (χ1v) is 8.62. The zero-order valence-electron chi connectivity index (χ0n) is 12.8. The summed E-state index contributed by atoms with van der Waals surface area (Å²) in [5, 5.41) is 4.67. The number of piperidine rings is 1. The van der Waals surface area contributed by atoms with Crippen LogP contribution in [0.3, 0.4) is 0 Å². The molecule has 0 aliphatic carbocycles. The summed E-state index contributed by atoms with van der Waals surface area (Å²) < 4.78 is 0. The predicted molar refractivity (Wildman–Crippen MR) is 86.3 cm³/mol. The lowest BCUT2D eigenvalue weighted by Gasteiger charge is -2.41. The Hall–Kier alpha value is -1.93. The van der Waals surface area contributed by atoms with Crippen molar-refractivity contribution in [2.24, 2.45) is 5.73 Å². The molecule has 3 heterocycles. The van der Waals surface area contributed by atoms with Gasteiger partial charge in [0.1, 0.15) is 0 Å². The first-order valence-electron chi connectivity index (χ1n) is 7.74. The van der Waals surface area contributed by atoms with Crippen LogP contribution in [0.4, 0.5) is 0 Å². The number of primary amides is 1. The van der Waals surface area contributed by atoms with E-state index in [9.17, 15) is 14.4 Å². The normalized spacial score (nSPS) is 22.3. The van der Waals surface area contributed by atoms with Crippen LogP contribution in [0.5, 0.6) is 0 Å². The molecule has 7 nitrogen and oxygen atoms in total. The van der Waals surface area contributed by atoms with Gasteiger partial charge in [-0.2, -0.15) is 0 Å². The number of carbonyl (C=O) groups is 3. The molecule has 2 aliphatic heterocycles. The maximum Gasteiger partial charge on any atom is 0.264 e. The number of amides is 3. The second-order valence-electron chi connectivity index (χ2n) is 5.88. The lowest BCUT2D eigenvalue weighted by atomic mass is 10.0. The summed E-state index contributed by atoms with van der Waals surface area (Å²) in [5.74, 6) is -0.513. The van der Waals surface area contributed by atoms with E-state index in [4.69, 9.17) is 5.73 Å². The van der Waals surface area contributed by atoms with Crippen molar-refractivity contribution >= 4 is 29.1 Å². The average Bonchev–Trinajstić information content (AvgIpc) is 3.05. The van der Waals surface area contributed by atoms with Crippen molar-refractivity contribution in [1.29, 1.82) is 0 Å². The van der Waals surface area contributed by atoms with Crippen LogP contribution < -0.4 is 11.1 Å². The fraction of sp³-hybridized carbons (Fsp3) is 0.533. The molecule has 0 bridgehead atoms. The summed E-state index contributed by atoms with van der Waals surface area (Å²) in [6.45, 7) is 3.09. The van der Waals surface area contributed by atoms with E-state index in [0.29, 0.717) is 36.6 Å². The van der Waals surface area contributed by atoms with Crippen molar-refractivity contribution in [3.63, 3.8) is 0 Å². The van der Waals surface area contributed by atoms with Gasteiger partial charge < -0.3 is 20.9 Å². The maximum atomic E-state index is 12.6. The summed E-state index contributed by atoms with van der Waals surface area (Å²) >= 11 is 1.23. The molecule has 23 heavy (non-hydrogen) atoms. The molecule has 0 spiro atoms. The zero-order valence-corrected chi connectivity index (χ0v) is 13.6. The van der Waals surface area contributed by atoms with E-state index in [2.05, 4.69) is 5.32 Å². The Kier molecular flexibility index (Phi) is 4.63. The van der Waals surface area contributed by atoms with E-state index in [1.54, 1.807) is 16.3 Å². The van der Waals surface area contributed by atoms with Crippen LogP contribution in [0, 0.1) is 0 Å². The third-order valence-corrected chi connectivity index (χ3v) is 5.26. The largest absolute Gasteiger partial charge is 0.366 e. The third kappa shape index (κ3) is 3.37. The number of likely N-dealkylation sites (tertiary alicyclic amines) is 1. The van der Waals surface area contributed by atoms with Gasteiger partial charge in [0.2, 0.25) is 11.8 Å². The molecule has 124 valence electrons. The molecule has 2 aliphatic rings. The van der Waals surface area contributed by atoms with E-state index in [0.717, 1.165) is 19.4 Å². The van der Waals surface area contributed by atoms with Gasteiger partial charge in [-0.05, 0) is 18.9 Å². The SMILES string of the molecule is NC(=O)c1csc(C(=O)N2CCCC(N3CCNCC3=O)C2)c1. The third-order valence-electron chi connectivity index (χ3n) is 4.35. The molecule has 1 aromatic heterocycles. The van der Waals surface area contributed by atoms with Crippen molar-refractivity contribution in [2.45, 2.75) is 18.9 Å². The van der Waals surface area contributed by atoms with Gasteiger partial charge in [0.05, 0.1) is 17.0 Å². The number of piperazine rings is 1. The molecule has 8 heteroatoms. The molecule has 0 aromatic carbocycles. The Morgan fingerprint density at radius 1 is 1.35 bits per heavy atom. The van der Waals surface area contributed by atoms with Crippen molar-refractivity contribution in [3.8, 4) is 0 Å². The van der Waals surface area contributed by atoms with Gasteiger partial charge in [-0.1, -0.05) is 0 Å². The van der Waals surface area contributed by atoms with Crippen LogP contribution in [-0.2, 0) is 4.79 Å². The second-order valence-corrected chi connectivity index (χ2v) is 6.79. The van der Waals surface area contributed by atoms with Gasteiger partial charge in [0, 0.05) is 37.6 Å². The van der Waals surface area contributed by atoms with E-state index >= 15 is 0 Å². The fourth-order valence-corrected chi connectivity index (χ4v) is 4.00. The highest BCUT2D eigenvalue weighted by Gasteiger charge is 2.32. The first kappa shape index (κ1) is 15.9. The summed E-state index contributed by atoms with van der Waals surface area (Å²) in [5.41, 5.74) is 5.60. The molecule has 3 amide bonds. The smallest absolute Gasteiger partial charge is 0.264 e. The van der Waals surface area contributed by atoms with Gasteiger partial charge in [-0.3, -0.25) is 14.4 Å². The lowest BCUT2D eigenvalue weighted by Crippen LogP contribution is -2.57. The number of thiophene rings is 1. The molecule has 0 radical (unpaired) electrons. The first-order chi connectivity index (χ1) is 11.1. The van der Waals surface area contributed by atoms with E-state index in [-0.39, 0.29) is 17.9 Å². The summed E-state index contributed by atoms with van der Waals surface area (Å²) in [6.07, 6.45) is 1.80. The standard InChI is InChI=1S/C15H20N4O3S/c16-14(21)10-6-12(23-9-10)15(22)18-4-1-2-11(8-18)19-5-3-17-7-13(19)20/h6,9,11,17H,1-5,7-8H2,(H2,16,21). The molecule has 2 fully saturated rings. The maximum absolute atomic E-state index is 12.6. The van der Waals surface area contributed by atoms with Crippen molar-refractivity contribution in [2.75, 3.05) is 32.7 Å². The summed E-state index contributed by atoms with van der Waals surface area (Å²) in [4.78, 5) is 40.0. The predicted octanol–water partition coefficient (Wildman–Crippen LogP) is -0.117. The lowest BCUT2D eigenvalue weighted by molar-refractivity contribution is -0.135. The second kappa shape index (κ2) is 6.67. The molecular weight excluding hydrogens is 316 g/mol. The molecule has 2 saturated heterocycles. The number of nitrogens with one attached hydrogen (secondary N) is 1. The Bertz CT molecular complexity index is 630. The molecule has 3 N–H and O–H groups in total. The van der Waals surface area contributed by atoms with E-state index < -0.39 is 5.91 Å².